The third-order valence-corrected chi connectivity index (χ3v) is 3.42. The standard InChI is InChI=1S/C13H14BrN7/c14-7-6-12-9-20(18-15-12)10-13-16-17-19-21(13)8-11-4-2-1-3-5-11/h1-5,9H,6-8,10H2. The third kappa shape index (κ3) is 3.52. The fourth-order valence-corrected chi connectivity index (χ4v) is 2.39. The van der Waals surface area contributed by atoms with Crippen LogP contribution in [-0.2, 0) is 19.5 Å². The molecule has 3 rings (SSSR count). The second-order valence-corrected chi connectivity index (χ2v) is 5.38. The molecule has 0 radical (unpaired) electrons. The highest BCUT2D eigenvalue weighted by Crippen LogP contribution is 2.05. The predicted molar refractivity (Wildman–Crippen MR) is 80.0 cm³/mol. The first kappa shape index (κ1) is 13.9. The van der Waals surface area contributed by atoms with E-state index in [2.05, 4.69) is 53.9 Å². The van der Waals surface area contributed by atoms with Gasteiger partial charge in [0.2, 0.25) is 0 Å². The predicted octanol–water partition coefficient (Wildman–Crippen LogP) is 1.30. The molecule has 2 aromatic heterocycles. The maximum atomic E-state index is 4.11. The zero-order valence-corrected chi connectivity index (χ0v) is 12.9. The van der Waals surface area contributed by atoms with Gasteiger partial charge in [0.1, 0.15) is 6.54 Å². The van der Waals surface area contributed by atoms with Crippen LogP contribution in [0, 0.1) is 0 Å². The lowest BCUT2D eigenvalue weighted by Gasteiger charge is -2.04. The molecule has 0 N–H and O–H groups in total. The van der Waals surface area contributed by atoms with E-state index in [0.29, 0.717) is 13.1 Å². The van der Waals surface area contributed by atoms with E-state index in [1.54, 1.807) is 9.36 Å². The van der Waals surface area contributed by atoms with Crippen molar-refractivity contribution in [3.63, 3.8) is 0 Å². The van der Waals surface area contributed by atoms with Crippen molar-refractivity contribution in [3.8, 4) is 0 Å². The maximum absolute atomic E-state index is 4.11. The van der Waals surface area contributed by atoms with Crippen LogP contribution in [0.2, 0.25) is 0 Å². The fraction of sp³-hybridized carbons (Fsp3) is 0.308. The van der Waals surface area contributed by atoms with Crippen LogP contribution in [0.25, 0.3) is 0 Å². The van der Waals surface area contributed by atoms with Gasteiger partial charge in [-0.15, -0.1) is 10.2 Å². The Balaban J connectivity index is 1.72. The van der Waals surface area contributed by atoms with E-state index in [-0.39, 0.29) is 0 Å². The molecule has 2 heterocycles. The lowest BCUT2D eigenvalue weighted by atomic mass is 10.2. The Labute approximate surface area is 130 Å². The Morgan fingerprint density at radius 3 is 2.67 bits per heavy atom. The van der Waals surface area contributed by atoms with Crippen LogP contribution in [-0.4, -0.2) is 40.5 Å². The maximum Gasteiger partial charge on any atom is 0.173 e. The molecule has 21 heavy (non-hydrogen) atoms. The average Bonchev–Trinajstić information content (AvgIpc) is 3.11. The molecule has 0 atom stereocenters. The van der Waals surface area contributed by atoms with E-state index in [1.165, 1.54) is 0 Å². The summed E-state index contributed by atoms with van der Waals surface area (Å²) in [5.74, 6) is 0.758. The highest BCUT2D eigenvalue weighted by Gasteiger charge is 2.09. The van der Waals surface area contributed by atoms with Crippen LogP contribution in [0.4, 0.5) is 0 Å². The molecule has 0 aliphatic heterocycles. The number of benzene rings is 1. The van der Waals surface area contributed by atoms with E-state index < -0.39 is 0 Å². The summed E-state index contributed by atoms with van der Waals surface area (Å²) < 4.78 is 3.53. The summed E-state index contributed by atoms with van der Waals surface area (Å²) in [4.78, 5) is 0. The minimum atomic E-state index is 0.509. The zero-order valence-electron chi connectivity index (χ0n) is 11.3. The van der Waals surface area contributed by atoms with Crippen LogP contribution in [0.15, 0.2) is 36.5 Å². The number of nitrogens with zero attached hydrogens (tertiary/aromatic N) is 7. The summed E-state index contributed by atoms with van der Waals surface area (Å²) in [6, 6.07) is 10.1. The van der Waals surface area contributed by atoms with E-state index in [4.69, 9.17) is 0 Å². The van der Waals surface area contributed by atoms with Crippen LogP contribution in [0.5, 0.6) is 0 Å². The normalized spacial score (nSPS) is 10.9. The van der Waals surface area contributed by atoms with E-state index in [0.717, 1.165) is 28.8 Å². The van der Waals surface area contributed by atoms with Gasteiger partial charge in [0.05, 0.1) is 12.2 Å². The van der Waals surface area contributed by atoms with Gasteiger partial charge in [-0.1, -0.05) is 51.5 Å². The highest BCUT2D eigenvalue weighted by molar-refractivity contribution is 9.09. The molecule has 0 fully saturated rings. The van der Waals surface area contributed by atoms with Crippen molar-refractivity contribution in [1.29, 1.82) is 0 Å². The molecular formula is C13H14BrN7. The Kier molecular flexibility index (Phi) is 4.34. The summed E-state index contributed by atoms with van der Waals surface area (Å²) in [6.45, 7) is 1.15. The Morgan fingerprint density at radius 2 is 1.86 bits per heavy atom. The quantitative estimate of drug-likeness (QED) is 0.628. The van der Waals surface area contributed by atoms with Gasteiger partial charge in [-0.3, -0.25) is 0 Å². The first-order chi connectivity index (χ1) is 10.3. The average molecular weight is 348 g/mol. The topological polar surface area (TPSA) is 74.3 Å². The molecule has 0 aliphatic rings. The molecule has 8 heteroatoms. The van der Waals surface area contributed by atoms with Gasteiger partial charge in [-0.25, -0.2) is 9.36 Å². The molecule has 0 bridgehead atoms. The monoisotopic (exact) mass is 347 g/mol. The zero-order chi connectivity index (χ0) is 14.5. The second kappa shape index (κ2) is 6.57. The minimum absolute atomic E-state index is 0.509. The first-order valence-electron chi connectivity index (χ1n) is 6.59. The Morgan fingerprint density at radius 1 is 1.00 bits per heavy atom. The van der Waals surface area contributed by atoms with Crippen molar-refractivity contribution in [1.82, 2.24) is 35.2 Å². The number of alkyl halides is 1. The SMILES string of the molecule is BrCCc1cn(Cc2nnnn2Cc2ccccc2)nn1. The molecule has 0 amide bonds. The molecule has 0 aliphatic carbocycles. The van der Waals surface area contributed by atoms with Crippen LogP contribution < -0.4 is 0 Å². The summed E-state index contributed by atoms with van der Waals surface area (Å²) in [7, 11) is 0. The van der Waals surface area contributed by atoms with Crippen molar-refractivity contribution in [2.75, 3.05) is 5.33 Å². The Bertz CT molecular complexity index is 691. The molecule has 108 valence electrons. The van der Waals surface area contributed by atoms with Crippen molar-refractivity contribution in [2.24, 2.45) is 0 Å². The van der Waals surface area contributed by atoms with Gasteiger partial charge < -0.3 is 0 Å². The number of aromatic nitrogens is 7. The highest BCUT2D eigenvalue weighted by atomic mass is 79.9. The summed E-state index contributed by atoms with van der Waals surface area (Å²) in [5.41, 5.74) is 2.11. The summed E-state index contributed by atoms with van der Waals surface area (Å²) in [5, 5.41) is 20.9. The number of rotatable bonds is 6. The van der Waals surface area contributed by atoms with Crippen LogP contribution in [0.3, 0.4) is 0 Å². The largest absolute Gasteiger partial charge is 0.245 e. The van der Waals surface area contributed by atoms with Crippen molar-refractivity contribution in [2.45, 2.75) is 19.5 Å². The molecule has 3 aromatic rings. The van der Waals surface area contributed by atoms with Gasteiger partial charge in [0.25, 0.3) is 0 Å². The van der Waals surface area contributed by atoms with Crippen LogP contribution >= 0.6 is 15.9 Å². The number of tetrazole rings is 1. The number of hydrogen-bond donors (Lipinski definition) is 0. The van der Waals surface area contributed by atoms with Gasteiger partial charge in [-0.2, -0.15) is 0 Å². The summed E-state index contributed by atoms with van der Waals surface area (Å²) in [6.07, 6.45) is 2.78. The molecular weight excluding hydrogens is 334 g/mol. The minimum Gasteiger partial charge on any atom is -0.245 e. The number of hydrogen-bond acceptors (Lipinski definition) is 5. The van der Waals surface area contributed by atoms with Gasteiger partial charge in [0.15, 0.2) is 5.82 Å². The lowest BCUT2D eigenvalue weighted by Crippen LogP contribution is -2.11. The lowest BCUT2D eigenvalue weighted by molar-refractivity contribution is 0.564. The Hall–Kier alpha value is -2.09. The second-order valence-electron chi connectivity index (χ2n) is 4.58. The van der Waals surface area contributed by atoms with Crippen LogP contribution in [0.1, 0.15) is 17.1 Å². The molecule has 0 unspecified atom stereocenters. The molecule has 0 spiro atoms. The molecule has 1 aromatic carbocycles. The van der Waals surface area contributed by atoms with Crippen molar-refractivity contribution < 1.29 is 0 Å². The number of aryl methyl sites for hydroxylation is 1. The first-order valence-corrected chi connectivity index (χ1v) is 7.71. The molecule has 0 saturated heterocycles. The molecule has 0 saturated carbocycles. The summed E-state index contributed by atoms with van der Waals surface area (Å²) >= 11 is 3.39. The van der Waals surface area contributed by atoms with E-state index >= 15 is 0 Å². The van der Waals surface area contributed by atoms with Crippen molar-refractivity contribution >= 4 is 15.9 Å². The third-order valence-electron chi connectivity index (χ3n) is 3.02. The van der Waals surface area contributed by atoms with Gasteiger partial charge in [-0.05, 0) is 16.0 Å². The van der Waals surface area contributed by atoms with E-state index in [1.807, 2.05) is 24.4 Å². The number of halogens is 1. The van der Waals surface area contributed by atoms with E-state index in [9.17, 15) is 0 Å². The molecule has 7 nitrogen and oxygen atoms in total. The van der Waals surface area contributed by atoms with Crippen molar-refractivity contribution in [3.05, 3.63) is 53.6 Å². The smallest absolute Gasteiger partial charge is 0.173 e. The van der Waals surface area contributed by atoms with Gasteiger partial charge in [0, 0.05) is 17.9 Å². The fourth-order valence-electron chi connectivity index (χ4n) is 1.99. The van der Waals surface area contributed by atoms with Gasteiger partial charge >= 0.3 is 0 Å².